The topological polar surface area (TPSA) is 87.7 Å². The highest BCUT2D eigenvalue weighted by atomic mass is 19.4. The molecule has 1 aromatic carbocycles. The quantitative estimate of drug-likeness (QED) is 0.729. The smallest absolute Gasteiger partial charge is 0.268 e. The van der Waals surface area contributed by atoms with E-state index in [0.29, 0.717) is 10.7 Å². The number of benzene rings is 1. The molecule has 0 atom stereocenters. The van der Waals surface area contributed by atoms with Crippen molar-refractivity contribution in [2.45, 2.75) is 6.18 Å². The normalized spacial score (nSPS) is 11.5. The van der Waals surface area contributed by atoms with Crippen molar-refractivity contribution in [2.24, 2.45) is 0 Å². The number of halogens is 3. The molecule has 1 aromatic heterocycles. The van der Waals surface area contributed by atoms with E-state index in [1.54, 1.807) is 4.98 Å². The van der Waals surface area contributed by atoms with E-state index in [1.165, 1.54) is 6.07 Å². The molecule has 0 saturated carbocycles. The second-order valence-electron chi connectivity index (χ2n) is 3.58. The fourth-order valence-electron chi connectivity index (χ4n) is 1.42. The predicted molar refractivity (Wildman–Crippen MR) is 58.3 cm³/mol. The third kappa shape index (κ3) is 2.49. The molecule has 1 heterocycles. The van der Waals surface area contributed by atoms with Gasteiger partial charge in [-0.05, 0) is 18.2 Å². The molecule has 0 aliphatic heterocycles. The average Bonchev–Trinajstić information content (AvgIpc) is 2.33. The lowest BCUT2D eigenvalue weighted by molar-refractivity contribution is -0.137. The summed E-state index contributed by atoms with van der Waals surface area (Å²) in [6, 6.07) is 3.76. The average molecular weight is 273 g/mol. The lowest BCUT2D eigenvalue weighted by atomic mass is 10.2. The van der Waals surface area contributed by atoms with Crippen LogP contribution in [0.15, 0.2) is 38.6 Å². The number of rotatable bonds is 1. The van der Waals surface area contributed by atoms with Crippen LogP contribution in [0.4, 0.5) is 13.2 Å². The van der Waals surface area contributed by atoms with Crippen LogP contribution in [0.2, 0.25) is 0 Å². The Balaban J connectivity index is 2.67. The van der Waals surface area contributed by atoms with Gasteiger partial charge in [0.15, 0.2) is 0 Å². The van der Waals surface area contributed by atoms with E-state index in [1.807, 2.05) is 5.10 Å². The van der Waals surface area contributed by atoms with Crippen LogP contribution in [-0.2, 0) is 6.18 Å². The molecule has 0 aliphatic carbocycles. The second kappa shape index (κ2) is 4.26. The van der Waals surface area contributed by atoms with E-state index in [9.17, 15) is 27.6 Å². The standard InChI is InChI=1S/C10H6F3N3O3/c11-10(12,13)5-2-1-3-6(4-5)16-9(19)14-7(17)8(18)15-16/h1-4H,(H,15,18)(H,14,17,19). The van der Waals surface area contributed by atoms with Crippen molar-refractivity contribution in [3.05, 3.63) is 61.0 Å². The predicted octanol–water partition coefficient (Wildman–Crippen LogP) is 0.233. The van der Waals surface area contributed by atoms with Gasteiger partial charge in [-0.2, -0.15) is 13.2 Å². The van der Waals surface area contributed by atoms with Crippen LogP contribution in [0.25, 0.3) is 5.69 Å². The third-order valence-electron chi connectivity index (χ3n) is 2.27. The number of alkyl halides is 3. The Morgan fingerprint density at radius 2 is 1.74 bits per heavy atom. The molecule has 0 fully saturated rings. The molecular formula is C10H6F3N3O3. The summed E-state index contributed by atoms with van der Waals surface area (Å²) in [5, 5.41) is 1.88. The van der Waals surface area contributed by atoms with Crippen LogP contribution in [0.1, 0.15) is 5.56 Å². The summed E-state index contributed by atoms with van der Waals surface area (Å²) < 4.78 is 38.1. The Labute approximate surface area is 102 Å². The minimum atomic E-state index is -4.58. The van der Waals surface area contributed by atoms with Crippen LogP contribution in [0.5, 0.6) is 0 Å². The minimum absolute atomic E-state index is 0.215. The zero-order valence-corrected chi connectivity index (χ0v) is 9.12. The maximum atomic E-state index is 12.5. The fraction of sp³-hybridized carbons (Fsp3) is 0.100. The maximum absolute atomic E-state index is 12.5. The van der Waals surface area contributed by atoms with Gasteiger partial charge in [-0.1, -0.05) is 6.07 Å². The first-order chi connectivity index (χ1) is 8.79. The number of nitrogens with one attached hydrogen (secondary N) is 2. The lowest BCUT2D eigenvalue weighted by Crippen LogP contribution is -2.42. The first-order valence-corrected chi connectivity index (χ1v) is 4.92. The van der Waals surface area contributed by atoms with Crippen molar-refractivity contribution >= 4 is 0 Å². The third-order valence-corrected chi connectivity index (χ3v) is 2.27. The van der Waals surface area contributed by atoms with Crippen molar-refractivity contribution in [3.8, 4) is 5.69 Å². The number of H-pyrrole nitrogens is 2. The number of hydrogen-bond acceptors (Lipinski definition) is 3. The van der Waals surface area contributed by atoms with Crippen LogP contribution in [-0.4, -0.2) is 14.8 Å². The second-order valence-corrected chi connectivity index (χ2v) is 3.58. The molecule has 0 radical (unpaired) electrons. The van der Waals surface area contributed by atoms with E-state index in [-0.39, 0.29) is 5.69 Å². The minimum Gasteiger partial charge on any atom is -0.268 e. The Bertz CT molecular complexity index is 785. The molecular weight excluding hydrogens is 267 g/mol. The van der Waals surface area contributed by atoms with Crippen LogP contribution < -0.4 is 16.8 Å². The van der Waals surface area contributed by atoms with Gasteiger partial charge in [-0.3, -0.25) is 19.7 Å². The molecule has 0 aliphatic rings. The maximum Gasteiger partial charge on any atom is 0.416 e. The summed E-state index contributed by atoms with van der Waals surface area (Å²) in [6.07, 6.45) is -4.58. The van der Waals surface area contributed by atoms with E-state index in [0.717, 1.165) is 12.1 Å². The van der Waals surface area contributed by atoms with Crippen LogP contribution in [0.3, 0.4) is 0 Å². The molecule has 19 heavy (non-hydrogen) atoms. The van der Waals surface area contributed by atoms with Gasteiger partial charge in [0.25, 0.3) is 0 Å². The molecule has 100 valence electrons. The van der Waals surface area contributed by atoms with E-state index >= 15 is 0 Å². The highest BCUT2D eigenvalue weighted by Crippen LogP contribution is 2.29. The molecule has 9 heteroatoms. The molecule has 2 N–H and O–H groups in total. The van der Waals surface area contributed by atoms with Gasteiger partial charge in [-0.15, -0.1) is 0 Å². The number of aromatic nitrogens is 3. The van der Waals surface area contributed by atoms with Gasteiger partial charge < -0.3 is 0 Å². The van der Waals surface area contributed by atoms with Crippen LogP contribution in [0, 0.1) is 0 Å². The van der Waals surface area contributed by atoms with Crippen molar-refractivity contribution in [1.29, 1.82) is 0 Å². The van der Waals surface area contributed by atoms with Gasteiger partial charge in [0.05, 0.1) is 11.3 Å². The number of hydrogen-bond donors (Lipinski definition) is 2. The summed E-state index contributed by atoms with van der Waals surface area (Å²) in [5.41, 5.74) is -4.55. The van der Waals surface area contributed by atoms with Crippen LogP contribution >= 0.6 is 0 Å². The first-order valence-electron chi connectivity index (χ1n) is 4.92. The lowest BCUT2D eigenvalue weighted by Gasteiger charge is -2.09. The number of aromatic amines is 2. The summed E-state index contributed by atoms with van der Waals surface area (Å²) >= 11 is 0. The molecule has 2 rings (SSSR count). The molecule has 0 spiro atoms. The van der Waals surface area contributed by atoms with E-state index in [4.69, 9.17) is 0 Å². The monoisotopic (exact) mass is 273 g/mol. The van der Waals surface area contributed by atoms with Gasteiger partial charge >= 0.3 is 23.0 Å². The van der Waals surface area contributed by atoms with Gasteiger partial charge in [0.1, 0.15) is 0 Å². The van der Waals surface area contributed by atoms with Gasteiger partial charge in [-0.25, -0.2) is 9.48 Å². The summed E-state index contributed by atoms with van der Waals surface area (Å²) in [5.74, 6) is 0. The zero-order valence-electron chi connectivity index (χ0n) is 9.12. The van der Waals surface area contributed by atoms with Crippen molar-refractivity contribution in [1.82, 2.24) is 14.8 Å². The van der Waals surface area contributed by atoms with Crippen molar-refractivity contribution in [3.63, 3.8) is 0 Å². The molecule has 0 unspecified atom stereocenters. The molecule has 2 aromatic rings. The largest absolute Gasteiger partial charge is 0.416 e. The molecule has 6 nitrogen and oxygen atoms in total. The Hall–Kier alpha value is -2.58. The highest BCUT2D eigenvalue weighted by Gasteiger charge is 2.30. The van der Waals surface area contributed by atoms with Crippen molar-refractivity contribution in [2.75, 3.05) is 0 Å². The summed E-state index contributed by atoms with van der Waals surface area (Å²) in [7, 11) is 0. The first kappa shape index (κ1) is 12.9. The fourth-order valence-corrected chi connectivity index (χ4v) is 1.42. The van der Waals surface area contributed by atoms with E-state index < -0.39 is 28.5 Å². The van der Waals surface area contributed by atoms with Gasteiger partial charge in [0.2, 0.25) is 0 Å². The van der Waals surface area contributed by atoms with Gasteiger partial charge in [0, 0.05) is 0 Å². The molecule has 0 bridgehead atoms. The van der Waals surface area contributed by atoms with Crippen molar-refractivity contribution < 1.29 is 13.2 Å². The Kier molecular flexibility index (Phi) is 2.89. The SMILES string of the molecule is O=c1[nH]c(=O)n(-c2cccc(C(F)(F)F)c2)[nH]c1=O. The zero-order chi connectivity index (χ0) is 14.2. The summed E-state index contributed by atoms with van der Waals surface area (Å²) in [6.45, 7) is 0. The molecule has 0 amide bonds. The Morgan fingerprint density at radius 3 is 2.37 bits per heavy atom. The van der Waals surface area contributed by atoms with E-state index in [2.05, 4.69) is 0 Å². The highest BCUT2D eigenvalue weighted by molar-refractivity contribution is 5.35. The molecule has 0 saturated heterocycles. The summed E-state index contributed by atoms with van der Waals surface area (Å²) in [4.78, 5) is 35.0. The Morgan fingerprint density at radius 1 is 1.05 bits per heavy atom. The number of nitrogens with zero attached hydrogens (tertiary/aromatic N) is 1.